The van der Waals surface area contributed by atoms with Crippen molar-refractivity contribution in [3.05, 3.63) is 50.6 Å². The zero-order valence-corrected chi connectivity index (χ0v) is 10.8. The molecule has 0 amide bonds. The fourth-order valence-electron chi connectivity index (χ4n) is 0.469. The van der Waals surface area contributed by atoms with Crippen LogP contribution in [0.4, 0.5) is 0 Å². The second kappa shape index (κ2) is 29.3. The van der Waals surface area contributed by atoms with Gasteiger partial charge in [0.05, 0.1) is 26.4 Å². The van der Waals surface area contributed by atoms with Gasteiger partial charge in [0.15, 0.2) is 0 Å². The predicted octanol–water partition coefficient (Wildman–Crippen LogP) is 2.08. The lowest BCUT2D eigenvalue weighted by Gasteiger charge is -1.89. The molecule has 0 heterocycles. The minimum absolute atomic E-state index is 0.617. The smallest absolute Gasteiger partial charge is 0.335 e. The highest BCUT2D eigenvalue weighted by Crippen LogP contribution is 1.73. The molecule has 98 valence electrons. The van der Waals surface area contributed by atoms with E-state index in [1.54, 1.807) is 24.3 Å². The first kappa shape index (κ1) is 21.0. The Morgan fingerprint density at radius 1 is 0.706 bits per heavy atom. The molecule has 0 radical (unpaired) electrons. The van der Waals surface area contributed by atoms with Gasteiger partial charge in [-0.2, -0.15) is 8.42 Å². The van der Waals surface area contributed by atoms with Crippen LogP contribution in [0.1, 0.15) is 0 Å². The second-order valence-electron chi connectivity index (χ2n) is 2.30. The first-order chi connectivity index (χ1) is 8.24. The fourth-order valence-corrected chi connectivity index (χ4v) is 0.469. The minimum Gasteiger partial charge on any atom is -0.373 e. The van der Waals surface area contributed by atoms with Gasteiger partial charge >= 0.3 is 11.6 Å². The zero-order chi connectivity index (χ0) is 13.8. The van der Waals surface area contributed by atoms with Crippen molar-refractivity contribution in [2.45, 2.75) is 0 Å². The number of hydrogen-bond acceptors (Lipinski definition) is 4. The topological polar surface area (TPSA) is 52.6 Å². The van der Waals surface area contributed by atoms with E-state index in [0.29, 0.717) is 26.4 Å². The van der Waals surface area contributed by atoms with E-state index >= 15 is 0 Å². The second-order valence-corrected chi connectivity index (χ2v) is 2.43. The van der Waals surface area contributed by atoms with Crippen molar-refractivity contribution in [3.63, 3.8) is 0 Å². The summed E-state index contributed by atoms with van der Waals surface area (Å²) in [5, 5.41) is 0. The molecule has 17 heavy (non-hydrogen) atoms. The molecule has 5 heteroatoms. The third-order valence-electron chi connectivity index (χ3n) is 0.943. The van der Waals surface area contributed by atoms with E-state index in [-0.39, 0.29) is 0 Å². The third-order valence-corrected chi connectivity index (χ3v) is 0.943. The zero-order valence-electron chi connectivity index (χ0n) is 10.0. The van der Waals surface area contributed by atoms with Gasteiger partial charge < -0.3 is 9.47 Å². The summed E-state index contributed by atoms with van der Waals surface area (Å²) >= 11 is -0.750. The summed E-state index contributed by atoms with van der Waals surface area (Å²) in [5.41, 5.74) is 0. The lowest BCUT2D eigenvalue weighted by Crippen LogP contribution is -1.87. The Morgan fingerprint density at radius 3 is 1.00 bits per heavy atom. The molecule has 0 rings (SSSR count). The predicted molar refractivity (Wildman–Crippen MR) is 71.3 cm³/mol. The molecule has 0 aliphatic carbocycles. The van der Waals surface area contributed by atoms with E-state index in [2.05, 4.69) is 26.3 Å². The van der Waals surface area contributed by atoms with E-state index in [0.717, 1.165) is 0 Å². The van der Waals surface area contributed by atoms with Gasteiger partial charge in [0.1, 0.15) is 0 Å². The molecule has 0 aliphatic heterocycles. The number of rotatable bonds is 8. The van der Waals surface area contributed by atoms with Crippen LogP contribution >= 0.6 is 0 Å². The Morgan fingerprint density at radius 2 is 0.882 bits per heavy atom. The normalized spacial score (nSPS) is 7.29. The van der Waals surface area contributed by atoms with Crippen LogP contribution < -0.4 is 0 Å². The highest BCUT2D eigenvalue weighted by atomic mass is 32.1. The Balaban J connectivity index is -0.000000188. The SMILES string of the molecule is C=CCOCC=C.C=CCOCC=C.O=S=O. The molecular formula is C12H20O4S. The summed E-state index contributed by atoms with van der Waals surface area (Å²) < 4.78 is 26.4. The van der Waals surface area contributed by atoms with Gasteiger partial charge in [-0.1, -0.05) is 24.3 Å². The van der Waals surface area contributed by atoms with Gasteiger partial charge in [0, 0.05) is 0 Å². The summed E-state index contributed by atoms with van der Waals surface area (Å²) in [4.78, 5) is 0. The van der Waals surface area contributed by atoms with Crippen LogP contribution in [0.15, 0.2) is 50.6 Å². The molecule has 0 spiro atoms. The average Bonchev–Trinajstić information content (AvgIpc) is 2.32. The standard InChI is InChI=1S/2C6H10O.O2S/c2*1-3-5-7-6-4-2;1-3-2/h2*3-4H,1-2,5-6H2;. The number of ether oxygens (including phenoxy) is 2. The van der Waals surface area contributed by atoms with E-state index in [9.17, 15) is 0 Å². The Bertz CT molecular complexity index is 187. The summed E-state index contributed by atoms with van der Waals surface area (Å²) in [7, 11) is 0. The Labute approximate surface area is 107 Å². The Hall–Kier alpha value is -1.30. The molecule has 0 saturated carbocycles. The van der Waals surface area contributed by atoms with Crippen molar-refractivity contribution in [2.75, 3.05) is 26.4 Å². The van der Waals surface area contributed by atoms with Crippen LogP contribution in [0.3, 0.4) is 0 Å². The van der Waals surface area contributed by atoms with Crippen LogP contribution in [0.2, 0.25) is 0 Å². The monoisotopic (exact) mass is 260 g/mol. The molecule has 0 aromatic rings. The average molecular weight is 260 g/mol. The van der Waals surface area contributed by atoms with Gasteiger partial charge in [-0.25, -0.2) is 0 Å². The molecular weight excluding hydrogens is 240 g/mol. The molecule has 0 aliphatic rings. The first-order valence-corrected chi connectivity index (χ1v) is 5.42. The highest BCUT2D eigenvalue weighted by Gasteiger charge is 1.71. The van der Waals surface area contributed by atoms with Crippen molar-refractivity contribution in [1.29, 1.82) is 0 Å². The maximum absolute atomic E-state index is 8.29. The Kier molecular flexibility index (Phi) is 36.3. The van der Waals surface area contributed by atoms with Crippen molar-refractivity contribution in [1.82, 2.24) is 0 Å². The molecule has 0 fully saturated rings. The highest BCUT2D eigenvalue weighted by molar-refractivity contribution is 7.51. The first-order valence-electron chi connectivity index (χ1n) is 4.75. The van der Waals surface area contributed by atoms with Gasteiger partial charge in [0.25, 0.3) is 0 Å². The molecule has 0 unspecified atom stereocenters. The fraction of sp³-hybridized carbons (Fsp3) is 0.333. The van der Waals surface area contributed by atoms with Crippen LogP contribution in [-0.4, -0.2) is 34.8 Å². The van der Waals surface area contributed by atoms with Crippen molar-refractivity contribution in [2.24, 2.45) is 0 Å². The maximum Gasteiger partial charge on any atom is 0.335 e. The minimum atomic E-state index is -0.750. The maximum atomic E-state index is 8.29. The summed E-state index contributed by atoms with van der Waals surface area (Å²) in [5.74, 6) is 0. The van der Waals surface area contributed by atoms with Crippen molar-refractivity contribution < 1.29 is 17.9 Å². The van der Waals surface area contributed by atoms with Gasteiger partial charge in [-0.3, -0.25) is 0 Å². The lowest BCUT2D eigenvalue weighted by atomic mass is 10.6. The van der Waals surface area contributed by atoms with E-state index in [1.165, 1.54) is 0 Å². The van der Waals surface area contributed by atoms with E-state index in [4.69, 9.17) is 17.9 Å². The van der Waals surface area contributed by atoms with Crippen LogP contribution in [-0.2, 0) is 21.0 Å². The summed E-state index contributed by atoms with van der Waals surface area (Å²) in [6, 6.07) is 0. The summed E-state index contributed by atoms with van der Waals surface area (Å²) in [6.07, 6.45) is 6.85. The van der Waals surface area contributed by atoms with Crippen LogP contribution in [0, 0.1) is 0 Å². The lowest BCUT2D eigenvalue weighted by molar-refractivity contribution is 0.194. The number of hydrogen-bond donors (Lipinski definition) is 0. The molecule has 0 aromatic carbocycles. The van der Waals surface area contributed by atoms with E-state index in [1.807, 2.05) is 0 Å². The molecule has 0 bridgehead atoms. The van der Waals surface area contributed by atoms with Crippen LogP contribution in [0.25, 0.3) is 0 Å². The van der Waals surface area contributed by atoms with Gasteiger partial charge in [0.2, 0.25) is 0 Å². The molecule has 0 aromatic heterocycles. The van der Waals surface area contributed by atoms with Gasteiger partial charge in [-0.15, -0.1) is 26.3 Å². The van der Waals surface area contributed by atoms with Crippen LogP contribution in [0.5, 0.6) is 0 Å². The largest absolute Gasteiger partial charge is 0.373 e. The molecule has 0 atom stereocenters. The summed E-state index contributed by atoms with van der Waals surface area (Å²) in [6.45, 7) is 16.4. The molecule has 0 N–H and O–H groups in total. The van der Waals surface area contributed by atoms with Gasteiger partial charge in [-0.05, 0) is 0 Å². The quantitative estimate of drug-likeness (QED) is 0.495. The molecule has 0 saturated heterocycles. The van der Waals surface area contributed by atoms with Crippen molar-refractivity contribution >= 4 is 11.6 Å². The molecule has 4 nitrogen and oxygen atoms in total. The van der Waals surface area contributed by atoms with E-state index < -0.39 is 11.6 Å². The third kappa shape index (κ3) is 52.8. The van der Waals surface area contributed by atoms with Crippen molar-refractivity contribution in [3.8, 4) is 0 Å².